The van der Waals surface area contributed by atoms with Crippen molar-refractivity contribution in [1.82, 2.24) is 15.2 Å². The Morgan fingerprint density at radius 1 is 0.931 bits per heavy atom. The van der Waals surface area contributed by atoms with Crippen LogP contribution in [0.3, 0.4) is 0 Å². The van der Waals surface area contributed by atoms with Crippen LogP contribution < -0.4 is 9.47 Å². The molecule has 2 aromatic heterocycles. The molecule has 4 rings (SSSR count). The Morgan fingerprint density at radius 2 is 1.76 bits per heavy atom. The van der Waals surface area contributed by atoms with Crippen LogP contribution in [0, 0.1) is 0 Å². The molecule has 0 spiro atoms. The zero-order chi connectivity index (χ0) is 19.9. The fraction of sp³-hybridized carbons (Fsp3) is 0.0870. The highest BCUT2D eigenvalue weighted by Gasteiger charge is 2.07. The van der Waals surface area contributed by atoms with Gasteiger partial charge in [-0.15, -0.1) is 10.2 Å². The van der Waals surface area contributed by atoms with Crippen LogP contribution in [-0.2, 0) is 6.61 Å². The van der Waals surface area contributed by atoms with Crippen LogP contribution in [0.2, 0.25) is 0 Å². The second-order valence-electron chi connectivity index (χ2n) is 6.19. The maximum atomic E-state index is 5.85. The van der Waals surface area contributed by atoms with E-state index in [0.717, 1.165) is 28.2 Å². The van der Waals surface area contributed by atoms with Gasteiger partial charge in [0, 0.05) is 29.6 Å². The first-order chi connectivity index (χ1) is 14.3. The van der Waals surface area contributed by atoms with Crippen LogP contribution in [0.25, 0.3) is 23.6 Å². The van der Waals surface area contributed by atoms with E-state index in [1.54, 1.807) is 25.6 Å². The Morgan fingerprint density at radius 3 is 2.55 bits per heavy atom. The van der Waals surface area contributed by atoms with Crippen molar-refractivity contribution in [3.8, 4) is 23.0 Å². The van der Waals surface area contributed by atoms with Gasteiger partial charge < -0.3 is 13.9 Å². The number of hydrogen-bond acceptors (Lipinski definition) is 6. The molecule has 0 saturated carbocycles. The third-order valence-electron chi connectivity index (χ3n) is 4.23. The molecule has 0 aliphatic rings. The molecule has 29 heavy (non-hydrogen) atoms. The molecule has 2 aromatic carbocycles. The largest absolute Gasteiger partial charge is 0.496 e. The van der Waals surface area contributed by atoms with Gasteiger partial charge >= 0.3 is 0 Å². The Kier molecular flexibility index (Phi) is 5.62. The molecule has 0 radical (unpaired) electrons. The van der Waals surface area contributed by atoms with E-state index in [-0.39, 0.29) is 0 Å². The third kappa shape index (κ3) is 4.68. The third-order valence-corrected chi connectivity index (χ3v) is 4.23. The molecule has 144 valence electrons. The number of hydrogen-bond donors (Lipinski definition) is 0. The van der Waals surface area contributed by atoms with Gasteiger partial charge in [-0.2, -0.15) is 0 Å². The number of benzene rings is 2. The van der Waals surface area contributed by atoms with Crippen molar-refractivity contribution >= 4 is 12.2 Å². The van der Waals surface area contributed by atoms with E-state index in [0.29, 0.717) is 18.4 Å². The normalized spacial score (nSPS) is 10.9. The van der Waals surface area contributed by atoms with Crippen LogP contribution >= 0.6 is 0 Å². The fourth-order valence-corrected chi connectivity index (χ4v) is 2.77. The monoisotopic (exact) mass is 385 g/mol. The number of methoxy groups -OCH3 is 1. The molecule has 0 atom stereocenters. The van der Waals surface area contributed by atoms with Crippen molar-refractivity contribution in [3.05, 3.63) is 90.1 Å². The predicted molar refractivity (Wildman–Crippen MR) is 110 cm³/mol. The molecular weight excluding hydrogens is 366 g/mol. The Labute approximate surface area is 168 Å². The summed E-state index contributed by atoms with van der Waals surface area (Å²) in [6.45, 7) is 0.404. The van der Waals surface area contributed by atoms with Crippen LogP contribution in [-0.4, -0.2) is 22.3 Å². The zero-order valence-electron chi connectivity index (χ0n) is 15.9. The van der Waals surface area contributed by atoms with E-state index in [1.165, 1.54) is 0 Å². The van der Waals surface area contributed by atoms with E-state index in [9.17, 15) is 0 Å². The summed E-state index contributed by atoms with van der Waals surface area (Å²) in [6, 6.07) is 19.2. The molecule has 0 saturated heterocycles. The van der Waals surface area contributed by atoms with Gasteiger partial charge in [-0.3, -0.25) is 4.98 Å². The SMILES string of the molecule is COc1ccc(/C=C\c2nnc(-c3ccncc3)o2)cc1COc1ccccc1. The Hall–Kier alpha value is -3.93. The molecule has 0 aliphatic carbocycles. The maximum absolute atomic E-state index is 5.85. The molecule has 0 bridgehead atoms. The van der Waals surface area contributed by atoms with Gasteiger partial charge in [-0.05, 0) is 48.0 Å². The smallest absolute Gasteiger partial charge is 0.248 e. The van der Waals surface area contributed by atoms with Crippen molar-refractivity contribution in [3.63, 3.8) is 0 Å². The molecular formula is C23H19N3O3. The van der Waals surface area contributed by atoms with Crippen LogP contribution in [0.15, 0.2) is 77.5 Å². The lowest BCUT2D eigenvalue weighted by Gasteiger charge is -2.11. The van der Waals surface area contributed by atoms with E-state index < -0.39 is 0 Å². The molecule has 2 heterocycles. The summed E-state index contributed by atoms with van der Waals surface area (Å²) in [4.78, 5) is 3.99. The molecule has 0 N–H and O–H groups in total. The standard InChI is InChI=1S/C23H19N3O3/c1-27-21-9-7-17(15-19(21)16-28-20-5-3-2-4-6-20)8-10-22-25-26-23(29-22)18-11-13-24-14-12-18/h2-15H,16H2,1H3/b10-8-. The minimum atomic E-state index is 0.404. The summed E-state index contributed by atoms with van der Waals surface area (Å²) >= 11 is 0. The highest BCUT2D eigenvalue weighted by molar-refractivity contribution is 5.67. The molecule has 0 unspecified atom stereocenters. The number of nitrogens with zero attached hydrogens (tertiary/aromatic N) is 3. The van der Waals surface area contributed by atoms with Crippen LogP contribution in [0.4, 0.5) is 0 Å². The average Bonchev–Trinajstić information content (AvgIpc) is 3.27. The molecule has 6 nitrogen and oxygen atoms in total. The highest BCUT2D eigenvalue weighted by atomic mass is 16.5. The summed E-state index contributed by atoms with van der Waals surface area (Å²) in [7, 11) is 1.65. The van der Waals surface area contributed by atoms with Crippen molar-refractivity contribution in [2.24, 2.45) is 0 Å². The first kappa shape index (κ1) is 18.4. The minimum absolute atomic E-state index is 0.404. The second kappa shape index (κ2) is 8.84. The predicted octanol–water partition coefficient (Wildman–Crippen LogP) is 4.89. The molecule has 0 aliphatic heterocycles. The summed E-state index contributed by atoms with van der Waals surface area (Å²) < 4.78 is 17.0. The van der Waals surface area contributed by atoms with Gasteiger partial charge in [0.05, 0.1) is 7.11 Å². The summed E-state index contributed by atoms with van der Waals surface area (Å²) in [5.74, 6) is 2.47. The summed E-state index contributed by atoms with van der Waals surface area (Å²) in [5.41, 5.74) is 2.75. The minimum Gasteiger partial charge on any atom is -0.496 e. The van der Waals surface area contributed by atoms with Gasteiger partial charge in [0.1, 0.15) is 18.1 Å². The first-order valence-corrected chi connectivity index (χ1v) is 9.08. The number of para-hydroxylation sites is 1. The lowest BCUT2D eigenvalue weighted by Crippen LogP contribution is -1.99. The fourth-order valence-electron chi connectivity index (χ4n) is 2.77. The molecule has 0 amide bonds. The van der Waals surface area contributed by atoms with Gasteiger partial charge in [-0.1, -0.05) is 24.3 Å². The Bertz CT molecular complexity index is 1090. The van der Waals surface area contributed by atoms with E-state index in [2.05, 4.69) is 15.2 Å². The summed E-state index contributed by atoms with van der Waals surface area (Å²) in [6.07, 6.45) is 7.06. The van der Waals surface area contributed by atoms with Gasteiger partial charge in [0.2, 0.25) is 11.8 Å². The number of ether oxygens (including phenoxy) is 2. The average molecular weight is 385 g/mol. The van der Waals surface area contributed by atoms with Gasteiger partial charge in [0.15, 0.2) is 0 Å². The first-order valence-electron chi connectivity index (χ1n) is 9.08. The zero-order valence-corrected chi connectivity index (χ0v) is 15.9. The van der Waals surface area contributed by atoms with Gasteiger partial charge in [-0.25, -0.2) is 0 Å². The quantitative estimate of drug-likeness (QED) is 0.451. The maximum Gasteiger partial charge on any atom is 0.248 e. The lowest BCUT2D eigenvalue weighted by atomic mass is 10.1. The van der Waals surface area contributed by atoms with E-state index in [1.807, 2.05) is 66.7 Å². The summed E-state index contributed by atoms with van der Waals surface area (Å²) in [5, 5.41) is 8.14. The Balaban J connectivity index is 1.49. The van der Waals surface area contributed by atoms with Crippen LogP contribution in [0.5, 0.6) is 11.5 Å². The van der Waals surface area contributed by atoms with Crippen LogP contribution in [0.1, 0.15) is 17.0 Å². The van der Waals surface area contributed by atoms with E-state index in [4.69, 9.17) is 13.9 Å². The highest BCUT2D eigenvalue weighted by Crippen LogP contribution is 2.24. The second-order valence-corrected chi connectivity index (χ2v) is 6.19. The molecule has 6 heteroatoms. The van der Waals surface area contributed by atoms with Gasteiger partial charge in [0.25, 0.3) is 0 Å². The number of aromatic nitrogens is 3. The van der Waals surface area contributed by atoms with E-state index >= 15 is 0 Å². The molecule has 4 aromatic rings. The van der Waals surface area contributed by atoms with Crippen molar-refractivity contribution in [2.75, 3.05) is 7.11 Å². The molecule has 0 fully saturated rings. The van der Waals surface area contributed by atoms with Crippen molar-refractivity contribution in [2.45, 2.75) is 6.61 Å². The number of pyridine rings is 1. The van der Waals surface area contributed by atoms with Crippen molar-refractivity contribution in [1.29, 1.82) is 0 Å². The topological polar surface area (TPSA) is 70.3 Å². The number of rotatable bonds is 7. The van der Waals surface area contributed by atoms with Crippen molar-refractivity contribution < 1.29 is 13.9 Å². The lowest BCUT2D eigenvalue weighted by molar-refractivity contribution is 0.296.